The zero-order valence-electron chi connectivity index (χ0n) is 15.7. The minimum absolute atomic E-state index is 0.188. The number of ketones is 2. The van der Waals surface area contributed by atoms with Crippen molar-refractivity contribution in [3.8, 4) is 0 Å². The van der Waals surface area contributed by atoms with Crippen molar-refractivity contribution in [2.24, 2.45) is 0 Å². The predicted octanol–water partition coefficient (Wildman–Crippen LogP) is 3.81. The van der Waals surface area contributed by atoms with Crippen LogP contribution in [0.1, 0.15) is 73.1 Å². The number of carbonyl (C=O) groups excluding carboxylic acids is 3. The number of hydrogen-bond donors (Lipinski definition) is 0. The van der Waals surface area contributed by atoms with Gasteiger partial charge in [0.25, 0.3) is 5.60 Å². The second-order valence-electron chi connectivity index (χ2n) is 7.97. The minimum Gasteiger partial charge on any atom is -0.460 e. The summed E-state index contributed by atoms with van der Waals surface area (Å²) in [7, 11) is 0. The van der Waals surface area contributed by atoms with Gasteiger partial charge in [-0.25, -0.2) is 4.79 Å². The molecule has 0 unspecified atom stereocenters. The molecule has 5 heteroatoms. The van der Waals surface area contributed by atoms with Gasteiger partial charge in [-0.15, -0.1) is 0 Å². The summed E-state index contributed by atoms with van der Waals surface area (Å²) >= 11 is 0. The van der Waals surface area contributed by atoms with E-state index in [2.05, 4.69) is 0 Å². The average molecular weight is 368 g/mol. The molecule has 1 aliphatic heterocycles. The van der Waals surface area contributed by atoms with E-state index in [4.69, 9.17) is 9.47 Å². The van der Waals surface area contributed by atoms with Crippen LogP contribution in [0.2, 0.25) is 0 Å². The number of esters is 1. The molecule has 0 aromatic heterocycles. The normalized spacial score (nSPS) is 29.6. The van der Waals surface area contributed by atoms with E-state index in [1.807, 2.05) is 19.9 Å². The third-order valence-electron chi connectivity index (χ3n) is 5.87. The Balaban J connectivity index is 1.73. The third kappa shape index (κ3) is 2.59. The monoisotopic (exact) mass is 368 g/mol. The summed E-state index contributed by atoms with van der Waals surface area (Å²) < 4.78 is 11.5. The van der Waals surface area contributed by atoms with E-state index in [1.54, 1.807) is 24.3 Å². The lowest BCUT2D eigenvalue weighted by Gasteiger charge is -2.27. The van der Waals surface area contributed by atoms with Gasteiger partial charge in [0.15, 0.2) is 11.4 Å². The zero-order chi connectivity index (χ0) is 19.2. The van der Waals surface area contributed by atoms with E-state index in [0.29, 0.717) is 5.56 Å². The summed E-state index contributed by atoms with van der Waals surface area (Å²) in [6, 6.07) is 6.61. The van der Waals surface area contributed by atoms with Crippen LogP contribution in [0.25, 0.3) is 0 Å². The molecule has 5 nitrogen and oxygen atoms in total. The molecule has 27 heavy (non-hydrogen) atoms. The van der Waals surface area contributed by atoms with Crippen LogP contribution in [0.3, 0.4) is 0 Å². The predicted molar refractivity (Wildman–Crippen MR) is 98.7 cm³/mol. The molecule has 1 saturated heterocycles. The first kappa shape index (κ1) is 18.1. The Hall–Kier alpha value is -2.27. The number of hydrogen-bond acceptors (Lipinski definition) is 5. The first-order valence-corrected chi connectivity index (χ1v) is 9.65. The van der Waals surface area contributed by atoms with Gasteiger partial charge in [0.05, 0.1) is 0 Å². The first-order valence-electron chi connectivity index (χ1n) is 9.65. The van der Waals surface area contributed by atoms with Crippen LogP contribution in [0.5, 0.6) is 0 Å². The summed E-state index contributed by atoms with van der Waals surface area (Å²) in [6.45, 7) is 3.81. The Morgan fingerprint density at radius 1 is 1.11 bits per heavy atom. The second-order valence-corrected chi connectivity index (χ2v) is 7.97. The molecule has 1 heterocycles. The molecule has 2 fully saturated rings. The summed E-state index contributed by atoms with van der Waals surface area (Å²) in [5.74, 6) is -1.47. The van der Waals surface area contributed by atoms with Gasteiger partial charge in [-0.1, -0.05) is 42.3 Å². The van der Waals surface area contributed by atoms with E-state index in [0.717, 1.165) is 37.7 Å². The quantitative estimate of drug-likeness (QED) is 0.350. The molecule has 0 radical (unpaired) electrons. The van der Waals surface area contributed by atoms with Gasteiger partial charge in [0, 0.05) is 17.5 Å². The van der Waals surface area contributed by atoms with Gasteiger partial charge in [0.2, 0.25) is 5.78 Å². The Morgan fingerprint density at radius 3 is 2.37 bits per heavy atom. The fourth-order valence-electron chi connectivity index (χ4n) is 4.30. The van der Waals surface area contributed by atoms with Gasteiger partial charge in [-0.2, -0.15) is 0 Å². The van der Waals surface area contributed by atoms with Crippen LogP contribution < -0.4 is 0 Å². The number of allylic oxidation sites excluding steroid dienone is 1. The Morgan fingerprint density at radius 2 is 1.74 bits per heavy atom. The van der Waals surface area contributed by atoms with Crippen molar-refractivity contribution in [1.29, 1.82) is 0 Å². The topological polar surface area (TPSA) is 73.0 Å². The van der Waals surface area contributed by atoms with Gasteiger partial charge in [0.1, 0.15) is 6.10 Å². The van der Waals surface area contributed by atoms with Crippen molar-refractivity contribution in [3.05, 3.63) is 47.0 Å². The fraction of sp³-hybridized carbons (Fsp3) is 0.500. The lowest BCUT2D eigenvalue weighted by Crippen LogP contribution is -2.51. The molecule has 1 aromatic rings. The number of rotatable bonds is 4. The number of ether oxygens (including phenoxy) is 2. The summed E-state index contributed by atoms with van der Waals surface area (Å²) in [6.07, 6.45) is 6.55. The second kappa shape index (κ2) is 6.41. The average Bonchev–Trinajstić information content (AvgIpc) is 3.38. The van der Waals surface area contributed by atoms with Gasteiger partial charge < -0.3 is 9.47 Å². The molecule has 3 aliphatic rings. The summed E-state index contributed by atoms with van der Waals surface area (Å²) in [5, 5.41) is 0. The molecule has 1 saturated carbocycles. The van der Waals surface area contributed by atoms with E-state index < -0.39 is 23.0 Å². The van der Waals surface area contributed by atoms with Gasteiger partial charge in [-0.05, 0) is 39.5 Å². The van der Waals surface area contributed by atoms with Crippen LogP contribution in [0.4, 0.5) is 0 Å². The molecule has 0 amide bonds. The molecule has 4 rings (SSSR count). The number of epoxide rings is 1. The molecule has 0 N–H and O–H groups in total. The Bertz CT molecular complexity index is 844. The minimum atomic E-state index is -1.83. The Labute approximate surface area is 158 Å². The van der Waals surface area contributed by atoms with E-state index in [1.165, 1.54) is 0 Å². The van der Waals surface area contributed by atoms with E-state index >= 15 is 0 Å². The van der Waals surface area contributed by atoms with Crippen molar-refractivity contribution in [1.82, 2.24) is 0 Å². The molecule has 0 bridgehead atoms. The highest BCUT2D eigenvalue weighted by Gasteiger charge is 2.85. The van der Waals surface area contributed by atoms with Crippen LogP contribution in [0, 0.1) is 0 Å². The van der Waals surface area contributed by atoms with Crippen molar-refractivity contribution in [3.63, 3.8) is 0 Å². The number of fused-ring (bicyclic) bond motifs is 2. The van der Waals surface area contributed by atoms with Crippen LogP contribution in [-0.2, 0) is 14.3 Å². The van der Waals surface area contributed by atoms with Crippen molar-refractivity contribution in [2.75, 3.05) is 0 Å². The Kier molecular flexibility index (Phi) is 4.30. The van der Waals surface area contributed by atoms with E-state index in [9.17, 15) is 14.4 Å². The molecular formula is C22H24O5. The van der Waals surface area contributed by atoms with Gasteiger partial charge >= 0.3 is 5.97 Å². The highest BCUT2D eigenvalue weighted by molar-refractivity contribution is 6.32. The van der Waals surface area contributed by atoms with Gasteiger partial charge in [-0.3, -0.25) is 9.59 Å². The first-order chi connectivity index (χ1) is 12.9. The molecule has 0 spiro atoms. The highest BCUT2D eigenvalue weighted by atomic mass is 16.7. The number of benzene rings is 1. The van der Waals surface area contributed by atoms with Crippen molar-refractivity contribution < 1.29 is 23.9 Å². The molecular weight excluding hydrogens is 344 g/mol. The lowest BCUT2D eigenvalue weighted by molar-refractivity contribution is -0.155. The van der Waals surface area contributed by atoms with Crippen LogP contribution >= 0.6 is 0 Å². The molecule has 1 aromatic carbocycles. The fourth-order valence-corrected chi connectivity index (χ4v) is 4.30. The molecule has 2 atom stereocenters. The van der Waals surface area contributed by atoms with Crippen molar-refractivity contribution >= 4 is 17.5 Å². The summed E-state index contributed by atoms with van der Waals surface area (Å²) in [5.41, 5.74) is -1.74. The maximum Gasteiger partial charge on any atom is 0.350 e. The maximum atomic E-state index is 13.3. The van der Waals surface area contributed by atoms with Crippen LogP contribution in [0.15, 0.2) is 35.9 Å². The highest BCUT2D eigenvalue weighted by Crippen LogP contribution is 2.58. The smallest absolute Gasteiger partial charge is 0.350 e. The lowest BCUT2D eigenvalue weighted by atomic mass is 9.72. The van der Waals surface area contributed by atoms with Crippen LogP contribution in [-0.4, -0.2) is 34.8 Å². The summed E-state index contributed by atoms with van der Waals surface area (Å²) in [4.78, 5) is 39.6. The number of Topliss-reactive ketones (excluding diaryl/α,β-unsaturated/α-hetero) is 2. The molecule has 2 aliphatic carbocycles. The third-order valence-corrected chi connectivity index (χ3v) is 5.87. The standard InChI is InChI=1S/C22H24O5/c1-14(2)12-13-21-18(23)16-10-6-7-11-17(16)19(24)22(21,27-21)20(25)26-15-8-4-3-5-9-15/h6-7,10-12,15H,3-5,8-9,13H2,1-2H3/t21-,22-/m0/s1. The maximum absolute atomic E-state index is 13.3. The molecule has 142 valence electrons. The number of carbonyl (C=O) groups is 3. The zero-order valence-corrected chi connectivity index (χ0v) is 15.7. The van der Waals surface area contributed by atoms with Crippen molar-refractivity contribution in [2.45, 2.75) is 69.7 Å². The SMILES string of the molecule is CC(C)=CC[C@@]12O[C@]1(C(=O)OC1CCCCC1)C(=O)c1ccccc1C2=O. The largest absolute Gasteiger partial charge is 0.460 e. The van der Waals surface area contributed by atoms with E-state index in [-0.39, 0.29) is 23.9 Å².